The van der Waals surface area contributed by atoms with Crippen molar-refractivity contribution in [3.8, 4) is 0 Å². The van der Waals surface area contributed by atoms with E-state index in [0.717, 1.165) is 47.5 Å². The van der Waals surface area contributed by atoms with Gasteiger partial charge in [-0.1, -0.05) is 26.2 Å². The van der Waals surface area contributed by atoms with Crippen molar-refractivity contribution in [3.05, 3.63) is 33.1 Å². The summed E-state index contributed by atoms with van der Waals surface area (Å²) < 4.78 is 0.779. The van der Waals surface area contributed by atoms with Crippen molar-refractivity contribution in [1.29, 1.82) is 0 Å². The minimum atomic E-state index is -0.781. The van der Waals surface area contributed by atoms with E-state index in [-0.39, 0.29) is 0 Å². The molecule has 1 aromatic rings. The van der Waals surface area contributed by atoms with E-state index in [9.17, 15) is 14.4 Å². The topological polar surface area (TPSA) is 101 Å². The Balaban J connectivity index is 2.63. The molecule has 7 nitrogen and oxygen atoms in total. The van der Waals surface area contributed by atoms with Gasteiger partial charge in [-0.25, -0.2) is 20.0 Å². The SMILES string of the molecule is CCCCCCN(N)C(=O)n1ccc(=O)[nH]c1=O. The number of hydrazine groups is 1. The molecule has 0 saturated carbocycles. The maximum Gasteiger partial charge on any atom is 0.346 e. The van der Waals surface area contributed by atoms with Crippen LogP contribution in [0.1, 0.15) is 32.6 Å². The number of unbranched alkanes of at least 4 members (excludes halogenated alkanes) is 3. The van der Waals surface area contributed by atoms with Crippen LogP contribution in [0.5, 0.6) is 0 Å². The van der Waals surface area contributed by atoms with Crippen LogP contribution in [0.15, 0.2) is 21.9 Å². The lowest BCUT2D eigenvalue weighted by Crippen LogP contribution is -2.46. The van der Waals surface area contributed by atoms with Crippen LogP contribution in [0.25, 0.3) is 0 Å². The summed E-state index contributed by atoms with van der Waals surface area (Å²) in [7, 11) is 0. The van der Waals surface area contributed by atoms with Gasteiger partial charge < -0.3 is 0 Å². The predicted molar refractivity (Wildman–Crippen MR) is 67.2 cm³/mol. The molecule has 0 unspecified atom stereocenters. The van der Waals surface area contributed by atoms with Crippen LogP contribution in [0.3, 0.4) is 0 Å². The van der Waals surface area contributed by atoms with E-state index in [0.29, 0.717) is 6.54 Å². The maximum absolute atomic E-state index is 11.8. The third-order valence-electron chi connectivity index (χ3n) is 2.53. The quantitative estimate of drug-likeness (QED) is 0.340. The normalized spacial score (nSPS) is 10.3. The third kappa shape index (κ3) is 3.85. The van der Waals surface area contributed by atoms with Crippen LogP contribution in [0.2, 0.25) is 0 Å². The number of nitrogens with zero attached hydrogens (tertiary/aromatic N) is 2. The molecule has 100 valence electrons. The average molecular weight is 254 g/mol. The zero-order valence-electron chi connectivity index (χ0n) is 10.4. The van der Waals surface area contributed by atoms with Gasteiger partial charge in [0, 0.05) is 18.8 Å². The van der Waals surface area contributed by atoms with E-state index in [1.54, 1.807) is 0 Å². The Morgan fingerprint density at radius 1 is 1.39 bits per heavy atom. The van der Waals surface area contributed by atoms with Gasteiger partial charge in [0.05, 0.1) is 0 Å². The van der Waals surface area contributed by atoms with Gasteiger partial charge in [0.2, 0.25) is 0 Å². The monoisotopic (exact) mass is 254 g/mol. The molecule has 0 aromatic carbocycles. The summed E-state index contributed by atoms with van der Waals surface area (Å²) in [5, 5.41) is 0.982. The minimum absolute atomic E-state index is 0.379. The van der Waals surface area contributed by atoms with Gasteiger partial charge >= 0.3 is 11.7 Å². The fraction of sp³-hybridized carbons (Fsp3) is 0.545. The first kappa shape index (κ1) is 14.2. The lowest BCUT2D eigenvalue weighted by Gasteiger charge is -2.16. The fourth-order valence-electron chi connectivity index (χ4n) is 1.51. The van der Waals surface area contributed by atoms with E-state index < -0.39 is 17.3 Å². The van der Waals surface area contributed by atoms with Crippen molar-refractivity contribution < 1.29 is 4.79 Å². The number of amides is 1. The Labute approximate surface area is 104 Å². The second-order valence-electron chi connectivity index (χ2n) is 4.02. The van der Waals surface area contributed by atoms with Gasteiger partial charge in [-0.15, -0.1) is 0 Å². The molecule has 0 spiro atoms. The molecule has 0 aliphatic rings. The molecule has 0 atom stereocenters. The van der Waals surface area contributed by atoms with E-state index in [4.69, 9.17) is 5.84 Å². The Hall–Kier alpha value is -1.89. The highest BCUT2D eigenvalue weighted by Gasteiger charge is 2.12. The summed E-state index contributed by atoms with van der Waals surface area (Å²) in [4.78, 5) is 36.0. The van der Waals surface area contributed by atoms with Gasteiger partial charge in [-0.3, -0.25) is 14.8 Å². The van der Waals surface area contributed by atoms with Gasteiger partial charge in [-0.2, -0.15) is 0 Å². The van der Waals surface area contributed by atoms with Crippen molar-refractivity contribution in [2.24, 2.45) is 5.84 Å². The largest absolute Gasteiger partial charge is 0.346 e. The van der Waals surface area contributed by atoms with E-state index in [1.807, 2.05) is 4.98 Å². The van der Waals surface area contributed by atoms with E-state index in [1.165, 1.54) is 0 Å². The highest BCUT2D eigenvalue weighted by atomic mass is 16.2. The predicted octanol–water partition coefficient (Wildman–Crippen LogP) is 0.261. The molecule has 0 fully saturated rings. The van der Waals surface area contributed by atoms with Gasteiger partial charge in [0.15, 0.2) is 0 Å². The molecule has 0 aliphatic carbocycles. The van der Waals surface area contributed by atoms with Gasteiger partial charge in [-0.05, 0) is 6.42 Å². The molecule has 7 heteroatoms. The summed E-state index contributed by atoms with van der Waals surface area (Å²) in [5.41, 5.74) is -1.33. The van der Waals surface area contributed by atoms with Crippen molar-refractivity contribution in [2.45, 2.75) is 32.6 Å². The second-order valence-corrected chi connectivity index (χ2v) is 4.02. The van der Waals surface area contributed by atoms with Crippen LogP contribution < -0.4 is 17.1 Å². The number of nitrogens with two attached hydrogens (primary N) is 1. The lowest BCUT2D eigenvalue weighted by molar-refractivity contribution is 0.198. The molecule has 1 amide bonds. The molecular formula is C11H18N4O3. The number of aromatic amines is 1. The summed E-state index contributed by atoms with van der Waals surface area (Å²) >= 11 is 0. The first-order valence-corrected chi connectivity index (χ1v) is 5.94. The Morgan fingerprint density at radius 3 is 2.72 bits per heavy atom. The molecule has 3 N–H and O–H groups in total. The molecule has 1 heterocycles. The summed E-state index contributed by atoms with van der Waals surface area (Å²) in [6.45, 7) is 2.47. The van der Waals surface area contributed by atoms with Crippen molar-refractivity contribution in [2.75, 3.05) is 6.54 Å². The molecule has 18 heavy (non-hydrogen) atoms. The summed E-state index contributed by atoms with van der Waals surface area (Å²) in [6, 6.07) is 0.456. The number of nitrogens with one attached hydrogen (secondary N) is 1. The molecule has 0 bridgehead atoms. The highest BCUT2D eigenvalue weighted by molar-refractivity contribution is 5.75. The molecule has 1 rings (SSSR count). The number of hydrogen-bond donors (Lipinski definition) is 2. The van der Waals surface area contributed by atoms with Crippen LogP contribution in [-0.4, -0.2) is 27.1 Å². The Bertz CT molecular complexity index is 506. The van der Waals surface area contributed by atoms with E-state index >= 15 is 0 Å². The number of rotatable bonds is 5. The number of carbonyl (C=O) groups is 1. The Kier molecular flexibility index (Phi) is 5.31. The second kappa shape index (κ2) is 6.75. The number of carbonyl (C=O) groups excluding carboxylic acids is 1. The molecular weight excluding hydrogens is 236 g/mol. The van der Waals surface area contributed by atoms with Crippen molar-refractivity contribution in [3.63, 3.8) is 0 Å². The highest BCUT2D eigenvalue weighted by Crippen LogP contribution is 1.99. The minimum Gasteiger partial charge on any atom is -0.274 e. The summed E-state index contributed by atoms with van der Waals surface area (Å²) in [5.74, 6) is 5.57. The first-order valence-electron chi connectivity index (χ1n) is 5.94. The molecule has 0 radical (unpaired) electrons. The first-order chi connectivity index (χ1) is 8.56. The van der Waals surface area contributed by atoms with Crippen molar-refractivity contribution in [1.82, 2.24) is 14.6 Å². The third-order valence-corrected chi connectivity index (χ3v) is 2.53. The summed E-state index contributed by atoms with van der Waals surface area (Å²) in [6.07, 6.45) is 5.07. The fourth-order valence-corrected chi connectivity index (χ4v) is 1.51. The lowest BCUT2D eigenvalue weighted by atomic mass is 10.2. The average Bonchev–Trinajstić information content (AvgIpc) is 2.33. The van der Waals surface area contributed by atoms with Crippen LogP contribution in [0, 0.1) is 0 Å². The smallest absolute Gasteiger partial charge is 0.274 e. The standard InChI is InChI=1S/C11H18N4O3/c1-2-3-4-5-7-15(12)11(18)14-8-6-9(16)13-10(14)17/h6,8H,2-5,7,12H2,1H3,(H,13,16,17). The molecule has 1 aromatic heterocycles. The van der Waals surface area contributed by atoms with Gasteiger partial charge in [0.1, 0.15) is 0 Å². The molecule has 0 saturated heterocycles. The number of hydrogen-bond acceptors (Lipinski definition) is 4. The van der Waals surface area contributed by atoms with Crippen LogP contribution in [-0.2, 0) is 0 Å². The number of H-pyrrole nitrogens is 1. The van der Waals surface area contributed by atoms with Gasteiger partial charge in [0.25, 0.3) is 5.56 Å². The maximum atomic E-state index is 11.8. The molecule has 0 aliphatic heterocycles. The number of aromatic nitrogens is 2. The van der Waals surface area contributed by atoms with E-state index in [2.05, 4.69) is 6.92 Å². The Morgan fingerprint density at radius 2 is 2.11 bits per heavy atom. The zero-order chi connectivity index (χ0) is 13.5. The zero-order valence-corrected chi connectivity index (χ0v) is 10.4. The van der Waals surface area contributed by atoms with Crippen LogP contribution in [0.4, 0.5) is 4.79 Å². The van der Waals surface area contributed by atoms with Crippen molar-refractivity contribution >= 4 is 6.03 Å². The van der Waals surface area contributed by atoms with Crippen LogP contribution >= 0.6 is 0 Å².